The third-order valence-electron chi connectivity index (χ3n) is 4.77. The van der Waals surface area contributed by atoms with Gasteiger partial charge in [0.2, 0.25) is 0 Å². The smallest absolute Gasteiger partial charge is 0.407 e. The van der Waals surface area contributed by atoms with Gasteiger partial charge in [0.1, 0.15) is 11.4 Å². The molecule has 8 heteroatoms. The summed E-state index contributed by atoms with van der Waals surface area (Å²) in [5, 5.41) is 22.1. The Bertz CT molecular complexity index is 889. The highest BCUT2D eigenvalue weighted by molar-refractivity contribution is 5.69. The lowest BCUT2D eigenvalue weighted by Gasteiger charge is -2.26. The summed E-state index contributed by atoms with van der Waals surface area (Å²) in [4.78, 5) is 29.5. The molecule has 0 spiro atoms. The van der Waals surface area contributed by atoms with E-state index in [4.69, 9.17) is 9.84 Å². The van der Waals surface area contributed by atoms with E-state index in [1.807, 2.05) is 61.6 Å². The van der Waals surface area contributed by atoms with E-state index in [1.54, 1.807) is 20.8 Å². The molecule has 0 unspecified atom stereocenters. The Morgan fingerprint density at radius 3 is 2.22 bits per heavy atom. The molecule has 1 amide bonds. The maximum Gasteiger partial charge on any atom is 0.407 e. The number of alkyl carbamates (subject to hydrolysis) is 1. The summed E-state index contributed by atoms with van der Waals surface area (Å²) in [7, 11) is 3.87. The van der Waals surface area contributed by atoms with Crippen molar-refractivity contribution in [1.82, 2.24) is 10.3 Å². The van der Waals surface area contributed by atoms with E-state index in [2.05, 4.69) is 10.3 Å². The molecular weight excluding hydrogens is 410 g/mol. The number of anilines is 1. The van der Waals surface area contributed by atoms with Gasteiger partial charge < -0.3 is 25.2 Å². The van der Waals surface area contributed by atoms with Crippen molar-refractivity contribution < 1.29 is 24.5 Å². The van der Waals surface area contributed by atoms with Crippen LogP contribution in [-0.2, 0) is 16.0 Å². The minimum absolute atomic E-state index is 0.0256. The van der Waals surface area contributed by atoms with Crippen LogP contribution in [0.2, 0.25) is 0 Å². The fraction of sp³-hybridized carbons (Fsp3) is 0.458. The van der Waals surface area contributed by atoms with Gasteiger partial charge in [0.05, 0.1) is 12.1 Å². The zero-order valence-electron chi connectivity index (χ0n) is 19.3. The standard InChI is InChI=1S/C24H33N3O5/c1-24(2,3)32-23(31)26-19(20(28)11-13-22(29)30)14-16-6-8-17(9-7-16)18-10-12-21(25-15-18)27(4)5/h6-10,12,15,19-20,28H,11,13-14H2,1-5H3,(H,26,31)(H,29,30)/t19-,20-/m0/s1. The monoisotopic (exact) mass is 443 g/mol. The normalized spacial score (nSPS) is 13.2. The second kappa shape index (κ2) is 10.9. The number of aliphatic carboxylic acids is 1. The van der Waals surface area contributed by atoms with Gasteiger partial charge in [-0.05, 0) is 56.9 Å². The number of carbonyl (C=O) groups is 2. The predicted molar refractivity (Wildman–Crippen MR) is 124 cm³/mol. The number of hydrogen-bond donors (Lipinski definition) is 3. The molecule has 0 aliphatic carbocycles. The first-order valence-electron chi connectivity index (χ1n) is 10.6. The van der Waals surface area contributed by atoms with E-state index in [9.17, 15) is 14.7 Å². The van der Waals surface area contributed by atoms with Crippen LogP contribution in [0, 0.1) is 0 Å². The minimum Gasteiger partial charge on any atom is -0.481 e. The van der Waals surface area contributed by atoms with E-state index < -0.39 is 29.8 Å². The van der Waals surface area contributed by atoms with Gasteiger partial charge in [0.25, 0.3) is 0 Å². The first kappa shape index (κ1) is 25.1. The maximum absolute atomic E-state index is 12.2. The molecular formula is C24H33N3O5. The number of nitrogens with zero attached hydrogens (tertiary/aromatic N) is 2. The zero-order valence-corrected chi connectivity index (χ0v) is 19.3. The molecule has 0 saturated heterocycles. The Morgan fingerprint density at radius 1 is 1.09 bits per heavy atom. The quantitative estimate of drug-likeness (QED) is 0.544. The molecule has 32 heavy (non-hydrogen) atoms. The van der Waals surface area contributed by atoms with Gasteiger partial charge in [-0.15, -0.1) is 0 Å². The van der Waals surface area contributed by atoms with Crippen LogP contribution in [0.5, 0.6) is 0 Å². The lowest BCUT2D eigenvalue weighted by Crippen LogP contribution is -2.46. The van der Waals surface area contributed by atoms with Crippen molar-refractivity contribution in [3.63, 3.8) is 0 Å². The van der Waals surface area contributed by atoms with E-state index in [0.717, 1.165) is 22.5 Å². The molecule has 8 nitrogen and oxygen atoms in total. The number of nitrogens with one attached hydrogen (secondary N) is 1. The Hall–Kier alpha value is -3.13. The largest absolute Gasteiger partial charge is 0.481 e. The van der Waals surface area contributed by atoms with Gasteiger partial charge in [-0.25, -0.2) is 9.78 Å². The van der Waals surface area contributed by atoms with Crippen LogP contribution in [0.3, 0.4) is 0 Å². The van der Waals surface area contributed by atoms with E-state index in [-0.39, 0.29) is 12.8 Å². The van der Waals surface area contributed by atoms with Crippen LogP contribution < -0.4 is 10.2 Å². The molecule has 0 fully saturated rings. The Morgan fingerprint density at radius 2 is 1.72 bits per heavy atom. The fourth-order valence-corrected chi connectivity index (χ4v) is 3.12. The van der Waals surface area contributed by atoms with Crippen LogP contribution in [0.1, 0.15) is 39.2 Å². The Labute approximate surface area is 189 Å². The van der Waals surface area contributed by atoms with Crippen molar-refractivity contribution in [2.24, 2.45) is 0 Å². The average Bonchev–Trinajstić information content (AvgIpc) is 2.70. The highest BCUT2D eigenvalue weighted by Crippen LogP contribution is 2.22. The van der Waals surface area contributed by atoms with Crippen molar-refractivity contribution in [3.8, 4) is 11.1 Å². The average molecular weight is 444 g/mol. The number of aromatic nitrogens is 1. The number of carboxylic acid groups (broad SMARTS) is 1. The number of pyridine rings is 1. The van der Waals surface area contributed by atoms with Crippen LogP contribution >= 0.6 is 0 Å². The summed E-state index contributed by atoms with van der Waals surface area (Å²) in [5.74, 6) is -0.130. The number of amides is 1. The highest BCUT2D eigenvalue weighted by atomic mass is 16.6. The SMILES string of the molecule is CN(C)c1ccc(-c2ccc(C[C@H](NC(=O)OC(C)(C)C)[C@@H](O)CCC(=O)O)cc2)cn1. The van der Waals surface area contributed by atoms with E-state index in [1.165, 1.54) is 0 Å². The molecule has 0 aliphatic heterocycles. The number of aliphatic hydroxyl groups is 1. The number of ether oxygens (including phenoxy) is 1. The number of hydrogen-bond acceptors (Lipinski definition) is 6. The van der Waals surface area contributed by atoms with Gasteiger partial charge in [0, 0.05) is 32.3 Å². The van der Waals surface area contributed by atoms with Gasteiger partial charge in [-0.1, -0.05) is 24.3 Å². The maximum atomic E-state index is 12.2. The van der Waals surface area contributed by atoms with Gasteiger partial charge in [-0.3, -0.25) is 4.79 Å². The molecule has 1 heterocycles. The first-order chi connectivity index (χ1) is 14.9. The number of rotatable bonds is 9. The molecule has 174 valence electrons. The van der Waals surface area contributed by atoms with Crippen LogP contribution in [0.25, 0.3) is 11.1 Å². The van der Waals surface area contributed by atoms with Crippen molar-refractivity contribution >= 4 is 17.9 Å². The van der Waals surface area contributed by atoms with Gasteiger partial charge in [-0.2, -0.15) is 0 Å². The van der Waals surface area contributed by atoms with E-state index >= 15 is 0 Å². The summed E-state index contributed by atoms with van der Waals surface area (Å²) in [6, 6.07) is 11.0. The third kappa shape index (κ3) is 8.19. The highest BCUT2D eigenvalue weighted by Gasteiger charge is 2.25. The van der Waals surface area contributed by atoms with Crippen molar-refractivity contribution in [2.75, 3.05) is 19.0 Å². The minimum atomic E-state index is -1.03. The summed E-state index contributed by atoms with van der Waals surface area (Å²) in [5.41, 5.74) is 2.18. The number of benzene rings is 1. The molecule has 0 saturated carbocycles. The molecule has 0 radical (unpaired) electrons. The zero-order chi connectivity index (χ0) is 23.9. The Kier molecular flexibility index (Phi) is 8.60. The van der Waals surface area contributed by atoms with Crippen molar-refractivity contribution in [1.29, 1.82) is 0 Å². The van der Waals surface area contributed by atoms with Crippen LogP contribution in [0.4, 0.5) is 10.6 Å². The fourth-order valence-electron chi connectivity index (χ4n) is 3.12. The van der Waals surface area contributed by atoms with Crippen LogP contribution in [-0.4, -0.2) is 59.1 Å². The lowest BCUT2D eigenvalue weighted by molar-refractivity contribution is -0.137. The third-order valence-corrected chi connectivity index (χ3v) is 4.77. The van der Waals surface area contributed by atoms with Crippen LogP contribution in [0.15, 0.2) is 42.6 Å². The first-order valence-corrected chi connectivity index (χ1v) is 10.6. The van der Waals surface area contributed by atoms with Gasteiger partial charge >= 0.3 is 12.1 Å². The Balaban J connectivity index is 2.12. The summed E-state index contributed by atoms with van der Waals surface area (Å²) in [6.07, 6.45) is 0.298. The second-order valence-electron chi connectivity index (χ2n) is 8.95. The van der Waals surface area contributed by atoms with E-state index in [0.29, 0.717) is 6.42 Å². The topological polar surface area (TPSA) is 112 Å². The molecule has 0 bridgehead atoms. The molecule has 2 rings (SSSR count). The molecule has 1 aromatic heterocycles. The summed E-state index contributed by atoms with van der Waals surface area (Å²) < 4.78 is 5.30. The summed E-state index contributed by atoms with van der Waals surface area (Å²) >= 11 is 0. The molecule has 2 aromatic rings. The number of aliphatic hydroxyl groups excluding tert-OH is 1. The number of carboxylic acids is 1. The predicted octanol–water partition coefficient (Wildman–Crippen LogP) is 3.48. The molecule has 3 N–H and O–H groups in total. The lowest BCUT2D eigenvalue weighted by atomic mass is 9.96. The van der Waals surface area contributed by atoms with Gasteiger partial charge in [0.15, 0.2) is 0 Å². The second-order valence-corrected chi connectivity index (χ2v) is 8.95. The molecule has 0 aliphatic rings. The van der Waals surface area contributed by atoms with Crippen molar-refractivity contribution in [3.05, 3.63) is 48.2 Å². The number of carbonyl (C=O) groups excluding carboxylic acids is 1. The molecule has 2 atom stereocenters. The molecule has 1 aromatic carbocycles. The summed E-state index contributed by atoms with van der Waals surface area (Å²) in [6.45, 7) is 5.25. The van der Waals surface area contributed by atoms with Crippen molar-refractivity contribution in [2.45, 2.75) is 57.8 Å².